The second-order valence-electron chi connectivity index (χ2n) is 7.46. The molecule has 3 aromatic rings. The molecule has 0 unspecified atom stereocenters. The van der Waals surface area contributed by atoms with Crippen LogP contribution in [0.15, 0.2) is 47.6 Å². The molecule has 31 heavy (non-hydrogen) atoms. The van der Waals surface area contributed by atoms with Gasteiger partial charge in [0.25, 0.3) is 0 Å². The standard InChI is InChI=1S/C23H27ClN4O2S/c1-5-28-21(13-30-19-10-7-17(8-11-19)15(2)3)26-27-23(28)31-14-22(29)25-18-9-6-16(4)20(24)12-18/h6-12,15H,5,13-14H2,1-4H3,(H,25,29). The minimum Gasteiger partial charge on any atom is -0.486 e. The number of thioether (sulfide) groups is 1. The van der Waals surface area contributed by atoms with Crippen LogP contribution in [0.3, 0.4) is 0 Å². The number of carbonyl (C=O) groups excluding carboxylic acids is 1. The zero-order valence-electron chi connectivity index (χ0n) is 18.2. The lowest BCUT2D eigenvalue weighted by atomic mass is 10.0. The molecule has 2 aromatic carbocycles. The molecular weight excluding hydrogens is 432 g/mol. The summed E-state index contributed by atoms with van der Waals surface area (Å²) in [6.07, 6.45) is 0. The lowest BCUT2D eigenvalue weighted by molar-refractivity contribution is -0.113. The van der Waals surface area contributed by atoms with Crippen molar-refractivity contribution in [1.29, 1.82) is 0 Å². The maximum Gasteiger partial charge on any atom is 0.234 e. The molecule has 0 saturated heterocycles. The zero-order valence-corrected chi connectivity index (χ0v) is 19.8. The van der Waals surface area contributed by atoms with E-state index >= 15 is 0 Å². The van der Waals surface area contributed by atoms with Gasteiger partial charge in [-0.15, -0.1) is 10.2 Å². The number of benzene rings is 2. The van der Waals surface area contributed by atoms with Gasteiger partial charge in [-0.1, -0.05) is 55.4 Å². The van der Waals surface area contributed by atoms with Gasteiger partial charge in [0.05, 0.1) is 5.75 Å². The van der Waals surface area contributed by atoms with Crippen molar-refractivity contribution in [2.24, 2.45) is 0 Å². The van der Waals surface area contributed by atoms with E-state index in [0.717, 1.165) is 17.1 Å². The largest absolute Gasteiger partial charge is 0.486 e. The normalized spacial score (nSPS) is 11.0. The predicted molar refractivity (Wildman–Crippen MR) is 126 cm³/mol. The highest BCUT2D eigenvalue weighted by Crippen LogP contribution is 2.23. The number of hydrogen-bond acceptors (Lipinski definition) is 5. The molecule has 0 atom stereocenters. The number of amides is 1. The number of nitrogens with zero attached hydrogens (tertiary/aromatic N) is 3. The molecule has 6 nitrogen and oxygen atoms in total. The lowest BCUT2D eigenvalue weighted by Gasteiger charge is -2.10. The van der Waals surface area contributed by atoms with Crippen molar-refractivity contribution in [3.63, 3.8) is 0 Å². The van der Waals surface area contributed by atoms with Crippen LogP contribution >= 0.6 is 23.4 Å². The van der Waals surface area contributed by atoms with Crippen molar-refractivity contribution >= 4 is 35.0 Å². The number of aryl methyl sites for hydroxylation is 1. The molecule has 0 bridgehead atoms. The van der Waals surface area contributed by atoms with Crippen LogP contribution in [0.5, 0.6) is 5.75 Å². The molecule has 0 aliphatic rings. The van der Waals surface area contributed by atoms with E-state index in [4.69, 9.17) is 16.3 Å². The van der Waals surface area contributed by atoms with E-state index in [2.05, 4.69) is 41.5 Å². The Morgan fingerprint density at radius 1 is 1.19 bits per heavy atom. The second kappa shape index (κ2) is 10.7. The van der Waals surface area contributed by atoms with Gasteiger partial charge in [0.2, 0.25) is 5.91 Å². The van der Waals surface area contributed by atoms with Gasteiger partial charge in [-0.3, -0.25) is 4.79 Å². The number of anilines is 1. The highest BCUT2D eigenvalue weighted by Gasteiger charge is 2.14. The van der Waals surface area contributed by atoms with Crippen LogP contribution in [-0.4, -0.2) is 26.4 Å². The maximum absolute atomic E-state index is 12.3. The average Bonchev–Trinajstić information content (AvgIpc) is 3.15. The fourth-order valence-corrected chi connectivity index (χ4v) is 3.95. The minimum atomic E-state index is -0.126. The molecule has 0 aliphatic heterocycles. The molecule has 0 radical (unpaired) electrons. The van der Waals surface area contributed by atoms with Crippen LogP contribution in [0.2, 0.25) is 5.02 Å². The predicted octanol–water partition coefficient (Wildman–Crippen LogP) is 5.69. The molecule has 1 amide bonds. The quantitative estimate of drug-likeness (QED) is 0.417. The van der Waals surface area contributed by atoms with Gasteiger partial charge >= 0.3 is 0 Å². The minimum absolute atomic E-state index is 0.126. The van der Waals surface area contributed by atoms with Crippen LogP contribution in [-0.2, 0) is 17.9 Å². The van der Waals surface area contributed by atoms with Crippen LogP contribution in [0.4, 0.5) is 5.69 Å². The van der Waals surface area contributed by atoms with E-state index in [0.29, 0.717) is 34.9 Å². The van der Waals surface area contributed by atoms with Gasteiger partial charge in [0, 0.05) is 17.3 Å². The Labute approximate surface area is 192 Å². The molecular formula is C23H27ClN4O2S. The second-order valence-corrected chi connectivity index (χ2v) is 8.81. The van der Waals surface area contributed by atoms with Crippen molar-refractivity contribution in [2.45, 2.75) is 51.9 Å². The molecule has 3 rings (SSSR count). The highest BCUT2D eigenvalue weighted by atomic mass is 35.5. The molecule has 0 saturated carbocycles. The first-order valence-corrected chi connectivity index (χ1v) is 11.6. The van der Waals surface area contributed by atoms with Crippen LogP contribution in [0.25, 0.3) is 0 Å². The van der Waals surface area contributed by atoms with Crippen LogP contribution in [0, 0.1) is 6.92 Å². The van der Waals surface area contributed by atoms with Gasteiger partial charge in [0.15, 0.2) is 11.0 Å². The summed E-state index contributed by atoms with van der Waals surface area (Å²) in [7, 11) is 0. The smallest absolute Gasteiger partial charge is 0.234 e. The molecule has 164 valence electrons. The number of carbonyl (C=O) groups is 1. The SMILES string of the molecule is CCn1c(COc2ccc(C(C)C)cc2)nnc1SCC(=O)Nc1ccc(C)c(Cl)c1. The monoisotopic (exact) mass is 458 g/mol. The van der Waals surface area contributed by atoms with Crippen LogP contribution in [0.1, 0.15) is 43.6 Å². The van der Waals surface area contributed by atoms with Gasteiger partial charge in [-0.25, -0.2) is 0 Å². The number of aromatic nitrogens is 3. The number of halogens is 1. The molecule has 8 heteroatoms. The summed E-state index contributed by atoms with van der Waals surface area (Å²) >= 11 is 7.46. The van der Waals surface area contributed by atoms with Gasteiger partial charge in [-0.05, 0) is 55.2 Å². The van der Waals surface area contributed by atoms with Crippen molar-refractivity contribution in [3.8, 4) is 5.75 Å². The third kappa shape index (κ3) is 6.24. The number of ether oxygens (including phenoxy) is 1. The van der Waals surface area contributed by atoms with Gasteiger partial charge in [-0.2, -0.15) is 0 Å². The van der Waals surface area contributed by atoms with E-state index < -0.39 is 0 Å². The Morgan fingerprint density at radius 2 is 1.94 bits per heavy atom. The average molecular weight is 459 g/mol. The van der Waals surface area contributed by atoms with Gasteiger partial charge in [0.1, 0.15) is 12.4 Å². The summed E-state index contributed by atoms with van der Waals surface area (Å²) in [5.41, 5.74) is 2.92. The summed E-state index contributed by atoms with van der Waals surface area (Å²) in [6, 6.07) is 13.6. The zero-order chi connectivity index (χ0) is 22.4. The number of nitrogens with one attached hydrogen (secondary N) is 1. The Bertz CT molecular complexity index is 1030. The fourth-order valence-electron chi connectivity index (χ4n) is 2.94. The first kappa shape index (κ1) is 23.2. The van der Waals surface area contributed by atoms with Crippen LogP contribution < -0.4 is 10.1 Å². The molecule has 0 fully saturated rings. The third-order valence-corrected chi connectivity index (χ3v) is 6.19. The molecule has 1 aromatic heterocycles. The Morgan fingerprint density at radius 3 is 2.58 bits per heavy atom. The van der Waals surface area contributed by atoms with Crippen molar-refractivity contribution in [3.05, 3.63) is 64.4 Å². The van der Waals surface area contributed by atoms with E-state index in [9.17, 15) is 4.79 Å². The topological polar surface area (TPSA) is 69.0 Å². The van der Waals surface area contributed by atoms with E-state index in [1.807, 2.05) is 42.7 Å². The summed E-state index contributed by atoms with van der Waals surface area (Å²) in [5, 5.41) is 12.7. The summed E-state index contributed by atoms with van der Waals surface area (Å²) in [6.45, 7) is 9.27. The summed E-state index contributed by atoms with van der Waals surface area (Å²) in [5.74, 6) is 2.10. The molecule has 1 heterocycles. The lowest BCUT2D eigenvalue weighted by Crippen LogP contribution is -2.15. The number of hydrogen-bond donors (Lipinski definition) is 1. The number of rotatable bonds is 9. The molecule has 1 N–H and O–H groups in total. The highest BCUT2D eigenvalue weighted by molar-refractivity contribution is 7.99. The van der Waals surface area contributed by atoms with Crippen molar-refractivity contribution in [1.82, 2.24) is 14.8 Å². The third-order valence-electron chi connectivity index (χ3n) is 4.81. The summed E-state index contributed by atoms with van der Waals surface area (Å²) in [4.78, 5) is 12.3. The first-order chi connectivity index (χ1) is 14.9. The Balaban J connectivity index is 1.56. The fraction of sp³-hybridized carbons (Fsp3) is 0.348. The Kier molecular flexibility index (Phi) is 7.98. The van der Waals surface area contributed by atoms with E-state index in [1.165, 1.54) is 17.3 Å². The van der Waals surface area contributed by atoms with E-state index in [1.54, 1.807) is 6.07 Å². The van der Waals surface area contributed by atoms with Gasteiger partial charge < -0.3 is 14.6 Å². The van der Waals surface area contributed by atoms with Crippen molar-refractivity contribution in [2.75, 3.05) is 11.1 Å². The van der Waals surface area contributed by atoms with E-state index in [-0.39, 0.29) is 11.7 Å². The molecule has 0 spiro atoms. The molecule has 0 aliphatic carbocycles. The first-order valence-electron chi connectivity index (χ1n) is 10.2. The Hall–Kier alpha value is -2.51. The van der Waals surface area contributed by atoms with Crippen molar-refractivity contribution < 1.29 is 9.53 Å². The summed E-state index contributed by atoms with van der Waals surface area (Å²) < 4.78 is 7.85. The maximum atomic E-state index is 12.3.